The van der Waals surface area contributed by atoms with Crippen molar-refractivity contribution in [3.8, 4) is 10.6 Å². The van der Waals surface area contributed by atoms with Crippen LogP contribution in [0.2, 0.25) is 0 Å². The van der Waals surface area contributed by atoms with Crippen molar-refractivity contribution in [2.24, 2.45) is 0 Å². The van der Waals surface area contributed by atoms with E-state index in [-0.39, 0.29) is 31.3 Å². The van der Waals surface area contributed by atoms with Crippen LogP contribution in [0.3, 0.4) is 0 Å². The molecule has 0 aliphatic rings. The van der Waals surface area contributed by atoms with Gasteiger partial charge in [0.25, 0.3) is 11.6 Å². The quantitative estimate of drug-likeness (QED) is 0.519. The van der Waals surface area contributed by atoms with Crippen molar-refractivity contribution in [3.05, 3.63) is 34.3 Å². The number of carbonyl (C=O) groups excluding carboxylic acids is 2. The molecular weight excluding hydrogens is 394 g/mol. The number of pyridine rings is 1. The van der Waals surface area contributed by atoms with Crippen LogP contribution in [0.15, 0.2) is 22.7 Å². The largest absolute Gasteiger partial charge is 0.465 e. The second-order valence-electron chi connectivity index (χ2n) is 6.44. The molecule has 3 aromatic heterocycles. The SMILES string of the molecule is CCOC(=O)CN(CCOC)C(=O)c1cc(-c2ccc(C)s2)nc2onc(C)c12. The molecular formula is C20H23N3O5S. The number of carbonyl (C=O) groups is 2. The smallest absolute Gasteiger partial charge is 0.325 e. The van der Waals surface area contributed by atoms with Gasteiger partial charge in [0, 0.05) is 18.5 Å². The second kappa shape index (κ2) is 9.15. The molecule has 0 bridgehead atoms. The van der Waals surface area contributed by atoms with Gasteiger partial charge in [0.15, 0.2) is 0 Å². The van der Waals surface area contributed by atoms with Gasteiger partial charge < -0.3 is 18.9 Å². The van der Waals surface area contributed by atoms with Crippen LogP contribution in [0.1, 0.15) is 27.9 Å². The lowest BCUT2D eigenvalue weighted by molar-refractivity contribution is -0.143. The van der Waals surface area contributed by atoms with Gasteiger partial charge in [-0.1, -0.05) is 5.16 Å². The Labute approximate surface area is 172 Å². The third kappa shape index (κ3) is 4.63. The number of thiophene rings is 1. The number of rotatable bonds is 8. The van der Waals surface area contributed by atoms with Gasteiger partial charge in [0.2, 0.25) is 0 Å². The highest BCUT2D eigenvalue weighted by atomic mass is 32.1. The standard InChI is InChI=1S/C20H23N3O5S/c1-5-27-17(24)11-23(8-9-26-4)20(25)14-10-15(16-7-6-12(2)29-16)21-19-18(14)13(3)22-28-19/h6-7,10H,5,8-9,11H2,1-4H3. The molecule has 0 fully saturated rings. The maximum Gasteiger partial charge on any atom is 0.325 e. The number of aromatic nitrogens is 2. The molecule has 0 radical (unpaired) electrons. The lowest BCUT2D eigenvalue weighted by atomic mass is 10.1. The molecule has 8 nitrogen and oxygen atoms in total. The lowest BCUT2D eigenvalue weighted by Crippen LogP contribution is -2.38. The van der Waals surface area contributed by atoms with Crippen LogP contribution in [-0.2, 0) is 14.3 Å². The van der Waals surface area contributed by atoms with Crippen molar-refractivity contribution in [3.63, 3.8) is 0 Å². The molecule has 9 heteroatoms. The fraction of sp³-hybridized carbons (Fsp3) is 0.400. The molecule has 0 unspecified atom stereocenters. The first kappa shape index (κ1) is 20.9. The molecule has 3 heterocycles. The first-order chi connectivity index (χ1) is 13.9. The number of methoxy groups -OCH3 is 1. The van der Waals surface area contributed by atoms with Crippen LogP contribution >= 0.6 is 11.3 Å². The first-order valence-corrected chi connectivity index (χ1v) is 10.0. The van der Waals surface area contributed by atoms with Gasteiger partial charge in [-0.2, -0.15) is 0 Å². The zero-order valence-corrected chi connectivity index (χ0v) is 17.7. The summed E-state index contributed by atoms with van der Waals surface area (Å²) in [7, 11) is 1.54. The highest BCUT2D eigenvalue weighted by Gasteiger charge is 2.25. The summed E-state index contributed by atoms with van der Waals surface area (Å²) in [4.78, 5) is 33.4. The van der Waals surface area contributed by atoms with Crippen molar-refractivity contribution < 1.29 is 23.6 Å². The number of esters is 1. The molecule has 0 atom stereocenters. The molecule has 0 N–H and O–H groups in total. The van der Waals surface area contributed by atoms with Crippen LogP contribution in [0.4, 0.5) is 0 Å². The summed E-state index contributed by atoms with van der Waals surface area (Å²) < 4.78 is 15.5. The van der Waals surface area contributed by atoms with E-state index in [0.29, 0.717) is 28.9 Å². The predicted octanol–water partition coefficient (Wildman–Crippen LogP) is 3.22. The fourth-order valence-electron chi connectivity index (χ4n) is 2.95. The Hall–Kier alpha value is -2.78. The van der Waals surface area contributed by atoms with E-state index in [1.165, 1.54) is 4.90 Å². The van der Waals surface area contributed by atoms with Crippen molar-refractivity contribution in [2.45, 2.75) is 20.8 Å². The van der Waals surface area contributed by atoms with Crippen LogP contribution in [-0.4, -0.2) is 60.3 Å². The summed E-state index contributed by atoms with van der Waals surface area (Å²) in [6, 6.07) is 5.67. The monoisotopic (exact) mass is 417 g/mol. The van der Waals surface area contributed by atoms with Gasteiger partial charge in [0.1, 0.15) is 6.54 Å². The number of hydrogen-bond donors (Lipinski definition) is 0. The number of hydrogen-bond acceptors (Lipinski definition) is 8. The summed E-state index contributed by atoms with van der Waals surface area (Å²) in [6.07, 6.45) is 0. The summed E-state index contributed by atoms with van der Waals surface area (Å²) in [5.41, 5.74) is 1.86. The number of ether oxygens (including phenoxy) is 2. The molecule has 0 aliphatic carbocycles. The van der Waals surface area contributed by atoms with Gasteiger partial charge >= 0.3 is 5.97 Å². The van der Waals surface area contributed by atoms with Gasteiger partial charge in [-0.25, -0.2) is 4.98 Å². The summed E-state index contributed by atoms with van der Waals surface area (Å²) >= 11 is 1.57. The predicted molar refractivity (Wildman–Crippen MR) is 109 cm³/mol. The highest BCUT2D eigenvalue weighted by Crippen LogP contribution is 2.31. The minimum absolute atomic E-state index is 0.169. The average Bonchev–Trinajstić information content (AvgIpc) is 3.30. The van der Waals surface area contributed by atoms with E-state index < -0.39 is 5.97 Å². The van der Waals surface area contributed by atoms with Crippen LogP contribution in [0.5, 0.6) is 0 Å². The van der Waals surface area contributed by atoms with Crippen molar-refractivity contribution >= 4 is 34.3 Å². The van der Waals surface area contributed by atoms with Crippen LogP contribution < -0.4 is 0 Å². The Kier molecular flexibility index (Phi) is 6.60. The molecule has 0 saturated heterocycles. The Morgan fingerprint density at radius 2 is 2.07 bits per heavy atom. The van der Waals surface area contributed by atoms with E-state index in [4.69, 9.17) is 14.0 Å². The zero-order chi connectivity index (χ0) is 21.0. The van der Waals surface area contributed by atoms with Crippen LogP contribution in [0, 0.1) is 13.8 Å². The average molecular weight is 417 g/mol. The summed E-state index contributed by atoms with van der Waals surface area (Å²) in [5.74, 6) is -0.804. The topological polar surface area (TPSA) is 94.8 Å². The maximum absolute atomic E-state index is 13.4. The number of nitrogens with zero attached hydrogens (tertiary/aromatic N) is 3. The first-order valence-electron chi connectivity index (χ1n) is 9.22. The number of amides is 1. The molecule has 3 aromatic rings. The van der Waals surface area contributed by atoms with Crippen molar-refractivity contribution in [1.82, 2.24) is 15.0 Å². The van der Waals surface area contributed by atoms with Gasteiger partial charge in [-0.3, -0.25) is 9.59 Å². The molecule has 1 amide bonds. The van der Waals surface area contributed by atoms with Gasteiger partial charge in [-0.05, 0) is 39.0 Å². The van der Waals surface area contributed by atoms with E-state index in [1.54, 1.807) is 38.4 Å². The Morgan fingerprint density at radius 1 is 1.28 bits per heavy atom. The highest BCUT2D eigenvalue weighted by molar-refractivity contribution is 7.15. The molecule has 29 heavy (non-hydrogen) atoms. The zero-order valence-electron chi connectivity index (χ0n) is 16.9. The van der Waals surface area contributed by atoms with E-state index in [9.17, 15) is 9.59 Å². The summed E-state index contributed by atoms with van der Waals surface area (Å²) in [5, 5.41) is 4.51. The molecule has 0 aliphatic heterocycles. The lowest BCUT2D eigenvalue weighted by Gasteiger charge is -2.22. The Morgan fingerprint density at radius 3 is 2.72 bits per heavy atom. The normalized spacial score (nSPS) is 11.0. The van der Waals surface area contributed by atoms with Gasteiger partial charge in [0.05, 0.1) is 40.4 Å². The molecule has 0 saturated carbocycles. The van der Waals surface area contributed by atoms with Crippen molar-refractivity contribution in [1.29, 1.82) is 0 Å². The third-order valence-corrected chi connectivity index (χ3v) is 5.34. The van der Waals surface area contributed by atoms with E-state index >= 15 is 0 Å². The van der Waals surface area contributed by atoms with Crippen LogP contribution in [0.25, 0.3) is 21.7 Å². The number of aryl methyl sites for hydroxylation is 2. The van der Waals surface area contributed by atoms with E-state index in [1.807, 2.05) is 19.1 Å². The molecule has 154 valence electrons. The molecule has 0 spiro atoms. The van der Waals surface area contributed by atoms with E-state index in [0.717, 1.165) is 9.75 Å². The van der Waals surface area contributed by atoms with Crippen molar-refractivity contribution in [2.75, 3.05) is 33.4 Å². The second-order valence-corrected chi connectivity index (χ2v) is 7.73. The minimum atomic E-state index is -0.474. The summed E-state index contributed by atoms with van der Waals surface area (Å²) in [6.45, 7) is 6.10. The number of fused-ring (bicyclic) bond motifs is 1. The van der Waals surface area contributed by atoms with E-state index in [2.05, 4.69) is 10.1 Å². The maximum atomic E-state index is 13.4. The third-order valence-electron chi connectivity index (χ3n) is 4.32. The Balaban J connectivity index is 2.05. The Bertz CT molecular complexity index is 1030. The fourth-order valence-corrected chi connectivity index (χ4v) is 3.78. The minimum Gasteiger partial charge on any atom is -0.465 e. The molecule has 3 rings (SSSR count). The van der Waals surface area contributed by atoms with Gasteiger partial charge in [-0.15, -0.1) is 11.3 Å². The molecule has 0 aromatic carbocycles.